The summed E-state index contributed by atoms with van der Waals surface area (Å²) in [6.07, 6.45) is 1.35. The van der Waals surface area contributed by atoms with Crippen LogP contribution in [0.1, 0.15) is 32.3 Å². The number of carbonyl (C=O) groups is 1. The van der Waals surface area contributed by atoms with Crippen LogP contribution in [0.25, 0.3) is 0 Å². The number of benzene rings is 1. The monoisotopic (exact) mass is 260 g/mol. The Morgan fingerprint density at radius 1 is 1.26 bits per heavy atom. The number of carbonyl (C=O) groups excluding carboxylic acids is 1. The Balaban J connectivity index is 2.24. The summed E-state index contributed by atoms with van der Waals surface area (Å²) in [6.45, 7) is 4.93. The summed E-state index contributed by atoms with van der Waals surface area (Å²) in [7, 11) is 0. The number of hydrogen-bond acceptors (Lipinski definition) is 3. The molecule has 1 N–H and O–H groups in total. The van der Waals surface area contributed by atoms with Crippen molar-refractivity contribution in [2.24, 2.45) is 10.6 Å². The quantitative estimate of drug-likeness (QED) is 0.668. The van der Waals surface area contributed by atoms with Crippen LogP contribution < -0.4 is 0 Å². The molecule has 0 aromatic heterocycles. The van der Waals surface area contributed by atoms with Crippen molar-refractivity contribution in [1.82, 2.24) is 4.90 Å². The van der Waals surface area contributed by atoms with Gasteiger partial charge in [0.1, 0.15) is 0 Å². The topological polar surface area (TPSA) is 52.9 Å². The highest BCUT2D eigenvalue weighted by atomic mass is 16.4. The normalized spacial score (nSPS) is 20.2. The third-order valence-corrected chi connectivity index (χ3v) is 4.13. The summed E-state index contributed by atoms with van der Waals surface area (Å²) >= 11 is 0. The van der Waals surface area contributed by atoms with Gasteiger partial charge in [-0.05, 0) is 18.4 Å². The van der Waals surface area contributed by atoms with Gasteiger partial charge in [-0.1, -0.05) is 49.3 Å². The summed E-state index contributed by atoms with van der Waals surface area (Å²) in [5, 5.41) is 12.6. The van der Waals surface area contributed by atoms with E-state index in [0.29, 0.717) is 31.6 Å². The van der Waals surface area contributed by atoms with Crippen molar-refractivity contribution in [2.75, 3.05) is 6.54 Å². The Bertz CT molecular complexity index is 478. The third kappa shape index (κ3) is 2.23. The minimum absolute atomic E-state index is 0.0779. The lowest BCUT2D eigenvalue weighted by Gasteiger charge is -2.24. The van der Waals surface area contributed by atoms with Crippen molar-refractivity contribution in [1.29, 1.82) is 0 Å². The highest BCUT2D eigenvalue weighted by Crippen LogP contribution is 2.37. The van der Waals surface area contributed by atoms with Crippen LogP contribution in [0.2, 0.25) is 0 Å². The van der Waals surface area contributed by atoms with Crippen LogP contribution >= 0.6 is 0 Å². The van der Waals surface area contributed by atoms with Gasteiger partial charge in [0.25, 0.3) is 0 Å². The van der Waals surface area contributed by atoms with Gasteiger partial charge in [0.2, 0.25) is 5.91 Å². The van der Waals surface area contributed by atoms with E-state index >= 15 is 0 Å². The molecule has 1 aliphatic heterocycles. The molecule has 0 bridgehead atoms. The Morgan fingerprint density at radius 3 is 2.37 bits per heavy atom. The van der Waals surface area contributed by atoms with E-state index in [0.717, 1.165) is 5.56 Å². The molecule has 0 aliphatic carbocycles. The average Bonchev–Trinajstić information content (AvgIpc) is 2.73. The molecule has 2 rings (SSSR count). The lowest BCUT2D eigenvalue weighted by Crippen LogP contribution is -2.35. The molecule has 0 atom stereocenters. The fourth-order valence-corrected chi connectivity index (χ4v) is 2.85. The molecule has 1 saturated heterocycles. The molecular formula is C15H20N2O2. The summed E-state index contributed by atoms with van der Waals surface area (Å²) in [5.74, 6) is 0.0779. The van der Waals surface area contributed by atoms with Crippen LogP contribution in [-0.4, -0.2) is 28.3 Å². The van der Waals surface area contributed by atoms with Crippen LogP contribution in [0.4, 0.5) is 0 Å². The SMILES string of the molecule is CCC1(CC)C(=O)N(Cc2ccccc2)CC1=NO. The first-order chi connectivity index (χ1) is 9.17. The first-order valence-electron chi connectivity index (χ1n) is 6.72. The molecule has 0 saturated carbocycles. The van der Waals surface area contributed by atoms with Crippen LogP contribution in [0.15, 0.2) is 35.5 Å². The van der Waals surface area contributed by atoms with Crippen molar-refractivity contribution in [3.05, 3.63) is 35.9 Å². The highest BCUT2D eigenvalue weighted by Gasteiger charge is 2.49. The molecule has 1 aromatic carbocycles. The van der Waals surface area contributed by atoms with E-state index in [1.165, 1.54) is 0 Å². The zero-order valence-electron chi connectivity index (χ0n) is 11.5. The second-order valence-corrected chi connectivity index (χ2v) is 4.98. The first kappa shape index (κ1) is 13.6. The lowest BCUT2D eigenvalue weighted by molar-refractivity contribution is -0.135. The molecule has 1 fully saturated rings. The molecule has 102 valence electrons. The summed E-state index contributed by atoms with van der Waals surface area (Å²) in [5.41, 5.74) is 1.08. The van der Waals surface area contributed by atoms with Gasteiger partial charge < -0.3 is 10.1 Å². The van der Waals surface area contributed by atoms with Crippen LogP contribution in [0.5, 0.6) is 0 Å². The van der Waals surface area contributed by atoms with E-state index in [1.54, 1.807) is 4.90 Å². The largest absolute Gasteiger partial charge is 0.411 e. The van der Waals surface area contributed by atoms with Crippen LogP contribution in [-0.2, 0) is 11.3 Å². The van der Waals surface area contributed by atoms with Gasteiger partial charge in [0, 0.05) is 6.54 Å². The van der Waals surface area contributed by atoms with Gasteiger partial charge >= 0.3 is 0 Å². The smallest absolute Gasteiger partial charge is 0.235 e. The van der Waals surface area contributed by atoms with Gasteiger partial charge in [-0.2, -0.15) is 0 Å². The fourth-order valence-electron chi connectivity index (χ4n) is 2.85. The standard InChI is InChI=1S/C15H20N2O2/c1-3-15(4-2)13(16-19)11-17(14(15)18)10-12-8-6-5-7-9-12/h5-9,19H,3-4,10-11H2,1-2H3. The Kier molecular flexibility index (Phi) is 3.88. The molecule has 1 aliphatic rings. The Morgan fingerprint density at radius 2 is 1.89 bits per heavy atom. The van der Waals surface area contributed by atoms with Gasteiger partial charge in [0.15, 0.2) is 0 Å². The summed E-state index contributed by atoms with van der Waals surface area (Å²) in [4.78, 5) is 14.4. The number of rotatable bonds is 4. The maximum atomic E-state index is 12.6. The number of likely N-dealkylation sites (tertiary alicyclic amines) is 1. The molecule has 4 heteroatoms. The van der Waals surface area contributed by atoms with Gasteiger partial charge in [-0.25, -0.2) is 0 Å². The highest BCUT2D eigenvalue weighted by molar-refractivity contribution is 6.14. The maximum Gasteiger partial charge on any atom is 0.235 e. The van der Waals surface area contributed by atoms with Gasteiger partial charge in [-0.15, -0.1) is 0 Å². The van der Waals surface area contributed by atoms with Crippen LogP contribution in [0, 0.1) is 5.41 Å². The third-order valence-electron chi connectivity index (χ3n) is 4.13. The number of oxime groups is 1. The molecule has 19 heavy (non-hydrogen) atoms. The molecule has 4 nitrogen and oxygen atoms in total. The van der Waals surface area contributed by atoms with E-state index in [-0.39, 0.29) is 5.91 Å². The first-order valence-corrected chi connectivity index (χ1v) is 6.72. The van der Waals surface area contributed by atoms with Crippen molar-refractivity contribution in [3.63, 3.8) is 0 Å². The van der Waals surface area contributed by atoms with Gasteiger partial charge in [-0.3, -0.25) is 4.79 Å². The molecule has 0 radical (unpaired) electrons. The van der Waals surface area contributed by atoms with E-state index in [1.807, 2.05) is 44.2 Å². The minimum atomic E-state index is -0.608. The molecule has 1 heterocycles. The zero-order valence-corrected chi connectivity index (χ0v) is 11.5. The second-order valence-electron chi connectivity index (χ2n) is 4.98. The molecular weight excluding hydrogens is 240 g/mol. The Labute approximate surface area is 113 Å². The Hall–Kier alpha value is -1.84. The maximum absolute atomic E-state index is 12.6. The van der Waals surface area contributed by atoms with Crippen molar-refractivity contribution >= 4 is 11.6 Å². The summed E-state index contributed by atoms with van der Waals surface area (Å²) < 4.78 is 0. The molecule has 1 aromatic rings. The predicted octanol–water partition coefficient (Wildman–Crippen LogP) is 2.67. The van der Waals surface area contributed by atoms with Crippen molar-refractivity contribution in [3.8, 4) is 0 Å². The fraction of sp³-hybridized carbons (Fsp3) is 0.467. The van der Waals surface area contributed by atoms with E-state index < -0.39 is 5.41 Å². The summed E-state index contributed by atoms with van der Waals surface area (Å²) in [6, 6.07) is 9.88. The number of nitrogens with zero attached hydrogens (tertiary/aromatic N) is 2. The number of hydrogen-bond donors (Lipinski definition) is 1. The number of amides is 1. The molecule has 1 amide bonds. The van der Waals surface area contributed by atoms with Crippen LogP contribution in [0.3, 0.4) is 0 Å². The van der Waals surface area contributed by atoms with Crippen molar-refractivity contribution < 1.29 is 10.0 Å². The second kappa shape index (κ2) is 5.43. The lowest BCUT2D eigenvalue weighted by atomic mass is 9.79. The molecule has 0 unspecified atom stereocenters. The van der Waals surface area contributed by atoms with Crippen molar-refractivity contribution in [2.45, 2.75) is 33.2 Å². The molecule has 0 spiro atoms. The predicted molar refractivity (Wildman–Crippen MR) is 74.1 cm³/mol. The van der Waals surface area contributed by atoms with Gasteiger partial charge in [0.05, 0.1) is 17.7 Å². The minimum Gasteiger partial charge on any atom is -0.411 e. The average molecular weight is 260 g/mol. The zero-order chi connectivity index (χ0) is 13.9. The van der Waals surface area contributed by atoms with E-state index in [4.69, 9.17) is 0 Å². The van der Waals surface area contributed by atoms with E-state index in [2.05, 4.69) is 5.16 Å². The van der Waals surface area contributed by atoms with E-state index in [9.17, 15) is 10.0 Å².